The van der Waals surface area contributed by atoms with E-state index >= 15 is 0 Å². The van der Waals surface area contributed by atoms with Crippen molar-refractivity contribution in [1.29, 1.82) is 0 Å². The topological polar surface area (TPSA) is 87.0 Å². The summed E-state index contributed by atoms with van der Waals surface area (Å²) in [6.45, 7) is 9.79. The van der Waals surface area contributed by atoms with E-state index in [0.29, 0.717) is 35.3 Å². The van der Waals surface area contributed by atoms with Gasteiger partial charge in [0.05, 0.1) is 13.2 Å². The predicted molar refractivity (Wildman–Crippen MR) is 98.9 cm³/mol. The fraction of sp³-hybridized carbons (Fsp3) is 0.667. The van der Waals surface area contributed by atoms with Crippen LogP contribution in [0.1, 0.15) is 74.9 Å². The molecule has 4 atom stereocenters. The fourth-order valence-corrected chi connectivity index (χ4v) is 5.70. The van der Waals surface area contributed by atoms with E-state index < -0.39 is 23.0 Å². The van der Waals surface area contributed by atoms with Crippen LogP contribution in [0.15, 0.2) is 6.07 Å². The van der Waals surface area contributed by atoms with Gasteiger partial charge in [-0.1, -0.05) is 34.6 Å². The first-order valence-electron chi connectivity index (χ1n) is 9.30. The molecule has 0 spiro atoms. The van der Waals surface area contributed by atoms with Crippen LogP contribution in [0.5, 0.6) is 11.5 Å². The van der Waals surface area contributed by atoms with Crippen molar-refractivity contribution in [2.75, 3.05) is 7.11 Å². The van der Waals surface area contributed by atoms with Crippen molar-refractivity contribution in [3.05, 3.63) is 22.8 Å². The Hall–Kier alpha value is -1.59. The van der Waals surface area contributed by atoms with Crippen molar-refractivity contribution in [2.45, 2.75) is 71.0 Å². The maximum atomic E-state index is 13.1. The standard InChI is InChI=1S/C21H30O5/c1-10(2)12-7-13-14(18(26-6)16(12)24)21(5)9-11(22)8-20(3,4)19(21)17(25)15(13)23/h7,10-11,17,19,22,24-25H,8-9H2,1-6H3. The number of carbonyl (C=O) groups excluding carboxylic acids is 1. The van der Waals surface area contributed by atoms with Gasteiger partial charge in [0.15, 0.2) is 17.3 Å². The van der Waals surface area contributed by atoms with E-state index in [1.807, 2.05) is 34.6 Å². The molecule has 3 N–H and O–H groups in total. The van der Waals surface area contributed by atoms with Crippen LogP contribution >= 0.6 is 0 Å². The first-order chi connectivity index (χ1) is 12.0. The molecule has 3 rings (SSSR count). The number of aromatic hydroxyl groups is 1. The number of fused-ring (bicyclic) bond motifs is 3. The molecule has 144 valence electrons. The van der Waals surface area contributed by atoms with Crippen LogP contribution in [0.2, 0.25) is 0 Å². The number of benzene rings is 1. The van der Waals surface area contributed by atoms with Crippen LogP contribution in [-0.2, 0) is 5.41 Å². The second-order valence-corrected chi connectivity index (χ2v) is 9.18. The van der Waals surface area contributed by atoms with E-state index in [1.165, 1.54) is 7.11 Å². The number of phenols is 1. The number of aliphatic hydroxyl groups is 2. The summed E-state index contributed by atoms with van der Waals surface area (Å²) in [5, 5.41) is 32.3. The fourth-order valence-electron chi connectivity index (χ4n) is 5.70. The van der Waals surface area contributed by atoms with E-state index in [1.54, 1.807) is 6.07 Å². The second kappa shape index (κ2) is 5.96. The lowest BCUT2D eigenvalue weighted by molar-refractivity contribution is -0.0808. The number of Topliss-reactive ketones (excluding diaryl/α,β-unsaturated/α-hetero) is 1. The van der Waals surface area contributed by atoms with Crippen LogP contribution < -0.4 is 4.74 Å². The number of ether oxygens (including phenoxy) is 1. The molecule has 5 nitrogen and oxygen atoms in total. The Labute approximate surface area is 155 Å². The third-order valence-corrected chi connectivity index (χ3v) is 6.48. The van der Waals surface area contributed by atoms with Gasteiger partial charge in [-0.15, -0.1) is 0 Å². The summed E-state index contributed by atoms with van der Waals surface area (Å²) in [6, 6.07) is 1.69. The Balaban J connectivity index is 2.38. The lowest BCUT2D eigenvalue weighted by atomic mass is 9.48. The smallest absolute Gasteiger partial charge is 0.192 e. The third-order valence-electron chi connectivity index (χ3n) is 6.48. The summed E-state index contributed by atoms with van der Waals surface area (Å²) < 4.78 is 5.57. The molecule has 0 saturated heterocycles. The quantitative estimate of drug-likeness (QED) is 0.752. The van der Waals surface area contributed by atoms with E-state index in [9.17, 15) is 20.1 Å². The van der Waals surface area contributed by atoms with Crippen LogP contribution in [0, 0.1) is 11.3 Å². The number of carbonyl (C=O) groups is 1. The Bertz CT molecular complexity index is 751. The van der Waals surface area contributed by atoms with E-state index in [4.69, 9.17) is 4.74 Å². The third kappa shape index (κ3) is 2.48. The normalized spacial score (nSPS) is 33.0. The highest BCUT2D eigenvalue weighted by Gasteiger charge is 2.59. The summed E-state index contributed by atoms with van der Waals surface area (Å²) >= 11 is 0. The minimum Gasteiger partial charge on any atom is -0.504 e. The monoisotopic (exact) mass is 362 g/mol. The number of methoxy groups -OCH3 is 1. The molecule has 0 heterocycles. The minimum atomic E-state index is -1.13. The number of aliphatic hydroxyl groups excluding tert-OH is 2. The summed E-state index contributed by atoms with van der Waals surface area (Å²) in [4.78, 5) is 13.1. The molecule has 0 aliphatic heterocycles. The number of hydrogen-bond donors (Lipinski definition) is 3. The van der Waals surface area contributed by atoms with Gasteiger partial charge in [-0.3, -0.25) is 4.79 Å². The second-order valence-electron chi connectivity index (χ2n) is 9.18. The summed E-state index contributed by atoms with van der Waals surface area (Å²) in [5.74, 6) is -0.353. The highest BCUT2D eigenvalue weighted by molar-refractivity contribution is 6.04. The van der Waals surface area contributed by atoms with Gasteiger partial charge in [-0.25, -0.2) is 0 Å². The van der Waals surface area contributed by atoms with Crippen molar-refractivity contribution >= 4 is 5.78 Å². The van der Waals surface area contributed by atoms with Crippen molar-refractivity contribution in [3.8, 4) is 11.5 Å². The van der Waals surface area contributed by atoms with Crippen LogP contribution in [0.4, 0.5) is 0 Å². The summed E-state index contributed by atoms with van der Waals surface area (Å²) in [7, 11) is 1.48. The molecule has 26 heavy (non-hydrogen) atoms. The van der Waals surface area contributed by atoms with Crippen molar-refractivity contribution in [1.82, 2.24) is 0 Å². The average molecular weight is 362 g/mol. The molecule has 5 heteroatoms. The highest BCUT2D eigenvalue weighted by Crippen LogP contribution is 2.60. The van der Waals surface area contributed by atoms with Gasteiger partial charge >= 0.3 is 0 Å². The predicted octanol–water partition coefficient (Wildman–Crippen LogP) is 3.14. The molecular formula is C21H30O5. The number of hydrogen-bond acceptors (Lipinski definition) is 5. The SMILES string of the molecule is COc1c(O)c(C(C)C)cc2c1C1(C)CC(O)CC(C)(C)C1C(O)C2=O. The molecular weight excluding hydrogens is 332 g/mol. The summed E-state index contributed by atoms with van der Waals surface area (Å²) in [5.41, 5.74) is 0.533. The largest absolute Gasteiger partial charge is 0.504 e. The number of ketones is 1. The van der Waals surface area contributed by atoms with Gasteiger partial charge < -0.3 is 20.1 Å². The Morgan fingerprint density at radius 3 is 2.35 bits per heavy atom. The lowest BCUT2D eigenvalue weighted by Gasteiger charge is -2.56. The van der Waals surface area contributed by atoms with Gasteiger partial charge in [0.25, 0.3) is 0 Å². The van der Waals surface area contributed by atoms with E-state index in [2.05, 4.69) is 0 Å². The Morgan fingerprint density at radius 1 is 1.19 bits per heavy atom. The van der Waals surface area contributed by atoms with Crippen molar-refractivity contribution in [3.63, 3.8) is 0 Å². The van der Waals surface area contributed by atoms with E-state index in [-0.39, 0.29) is 23.4 Å². The molecule has 4 unspecified atom stereocenters. The first-order valence-corrected chi connectivity index (χ1v) is 9.30. The Morgan fingerprint density at radius 2 is 1.81 bits per heavy atom. The van der Waals surface area contributed by atoms with Gasteiger partial charge in [0.2, 0.25) is 0 Å². The van der Waals surface area contributed by atoms with Crippen LogP contribution in [0.25, 0.3) is 0 Å². The molecule has 0 radical (unpaired) electrons. The van der Waals surface area contributed by atoms with Gasteiger partial charge in [-0.2, -0.15) is 0 Å². The molecule has 1 saturated carbocycles. The molecule has 0 aromatic heterocycles. The van der Waals surface area contributed by atoms with E-state index in [0.717, 1.165) is 0 Å². The molecule has 1 aromatic rings. The number of rotatable bonds is 2. The lowest BCUT2D eigenvalue weighted by Crippen LogP contribution is -2.59. The zero-order valence-corrected chi connectivity index (χ0v) is 16.5. The maximum Gasteiger partial charge on any atom is 0.192 e. The van der Waals surface area contributed by atoms with Crippen molar-refractivity contribution in [2.24, 2.45) is 11.3 Å². The molecule has 1 fully saturated rings. The summed E-state index contributed by atoms with van der Waals surface area (Å²) in [6.07, 6.45) is -0.749. The first kappa shape index (κ1) is 19.2. The number of phenolic OH excluding ortho intramolecular Hbond substituents is 1. The average Bonchev–Trinajstić information content (AvgIpc) is 2.50. The van der Waals surface area contributed by atoms with Gasteiger partial charge in [0.1, 0.15) is 6.10 Å². The molecule has 1 aromatic carbocycles. The highest BCUT2D eigenvalue weighted by atomic mass is 16.5. The molecule has 2 aliphatic rings. The van der Waals surface area contributed by atoms with Crippen molar-refractivity contribution < 1.29 is 24.9 Å². The van der Waals surface area contributed by atoms with Crippen LogP contribution in [0.3, 0.4) is 0 Å². The molecule has 0 amide bonds. The van der Waals surface area contributed by atoms with Gasteiger partial charge in [-0.05, 0) is 30.2 Å². The molecule has 0 bridgehead atoms. The zero-order valence-electron chi connectivity index (χ0n) is 16.5. The molecule has 2 aliphatic carbocycles. The minimum absolute atomic E-state index is 0.00180. The van der Waals surface area contributed by atoms with Gasteiger partial charge in [0, 0.05) is 28.0 Å². The Kier molecular flexibility index (Phi) is 4.40. The van der Waals surface area contributed by atoms with Crippen LogP contribution in [-0.4, -0.2) is 40.4 Å². The zero-order chi connectivity index (χ0) is 19.6. The maximum absolute atomic E-state index is 13.1.